The number of nitrogens with one attached hydrogen (secondary N) is 1. The van der Waals surface area contributed by atoms with E-state index in [9.17, 15) is 9.59 Å². The van der Waals surface area contributed by atoms with Crippen LogP contribution in [0.25, 0.3) is 0 Å². The van der Waals surface area contributed by atoms with Crippen LogP contribution >= 0.6 is 0 Å². The van der Waals surface area contributed by atoms with E-state index in [1.54, 1.807) is 0 Å². The minimum absolute atomic E-state index is 0.155. The average molecular weight is 195 g/mol. The van der Waals surface area contributed by atoms with Crippen LogP contribution in [0.5, 0.6) is 0 Å². The van der Waals surface area contributed by atoms with Crippen molar-refractivity contribution in [1.82, 2.24) is 15.3 Å². The van der Waals surface area contributed by atoms with Crippen LogP contribution in [0.15, 0.2) is 18.6 Å². The number of carbonyl (C=O) groups excluding carboxylic acids is 2. The molecule has 0 aromatic carbocycles. The van der Waals surface area contributed by atoms with Gasteiger partial charge in [0.25, 0.3) is 0 Å². The Labute approximate surface area is 80.3 Å². The highest BCUT2D eigenvalue weighted by Crippen LogP contribution is 1.88. The smallest absolute Gasteiger partial charge is 0.396 e. The van der Waals surface area contributed by atoms with Gasteiger partial charge >= 0.3 is 11.9 Å². The van der Waals surface area contributed by atoms with E-state index in [1.165, 1.54) is 18.6 Å². The molecule has 0 atom stereocenters. The highest BCUT2D eigenvalue weighted by atomic mass is 16.5. The molecule has 1 aromatic rings. The Morgan fingerprint density at radius 2 is 2.29 bits per heavy atom. The zero-order valence-corrected chi connectivity index (χ0v) is 7.56. The van der Waals surface area contributed by atoms with Crippen LogP contribution < -0.4 is 5.32 Å². The molecule has 1 N–H and O–H groups in total. The molecular formula is C8H9N3O3. The van der Waals surface area contributed by atoms with E-state index < -0.39 is 11.9 Å². The van der Waals surface area contributed by atoms with E-state index in [0.717, 1.165) is 7.11 Å². The molecule has 0 aliphatic carbocycles. The molecule has 14 heavy (non-hydrogen) atoms. The molecule has 74 valence electrons. The van der Waals surface area contributed by atoms with Gasteiger partial charge < -0.3 is 10.1 Å². The summed E-state index contributed by atoms with van der Waals surface area (Å²) in [6, 6.07) is 0. The number of nitrogens with zero attached hydrogens (tertiary/aromatic N) is 2. The van der Waals surface area contributed by atoms with E-state index in [-0.39, 0.29) is 6.54 Å². The zero-order chi connectivity index (χ0) is 10.4. The standard InChI is InChI=1S/C8H9N3O3/c1-14-8(13)7(12)11-5-6-4-9-2-3-10-6/h2-4H,5H2,1H3,(H,11,12). The maximum Gasteiger partial charge on any atom is 0.396 e. The van der Waals surface area contributed by atoms with Gasteiger partial charge in [0, 0.05) is 12.4 Å². The summed E-state index contributed by atoms with van der Waals surface area (Å²) in [4.78, 5) is 29.3. The van der Waals surface area contributed by atoms with Crippen LogP contribution in [0.2, 0.25) is 0 Å². The first-order valence-electron chi connectivity index (χ1n) is 3.85. The maximum atomic E-state index is 10.9. The van der Waals surface area contributed by atoms with Gasteiger partial charge in [0.15, 0.2) is 0 Å². The summed E-state index contributed by atoms with van der Waals surface area (Å²) in [7, 11) is 1.14. The minimum Gasteiger partial charge on any atom is -0.462 e. The van der Waals surface area contributed by atoms with Gasteiger partial charge in [-0.05, 0) is 0 Å². The molecule has 0 radical (unpaired) electrons. The summed E-state index contributed by atoms with van der Waals surface area (Å²) in [6.45, 7) is 0.155. The fourth-order valence-electron chi connectivity index (χ4n) is 0.757. The van der Waals surface area contributed by atoms with Crippen molar-refractivity contribution in [2.75, 3.05) is 7.11 Å². The lowest BCUT2D eigenvalue weighted by Crippen LogP contribution is -2.31. The van der Waals surface area contributed by atoms with Gasteiger partial charge in [0.1, 0.15) is 0 Å². The summed E-state index contributed by atoms with van der Waals surface area (Å²) in [5.74, 6) is -1.72. The number of carbonyl (C=O) groups is 2. The summed E-state index contributed by atoms with van der Waals surface area (Å²) < 4.78 is 4.21. The number of amides is 1. The molecule has 0 bridgehead atoms. The molecule has 6 nitrogen and oxygen atoms in total. The Kier molecular flexibility index (Phi) is 3.54. The van der Waals surface area contributed by atoms with Crippen molar-refractivity contribution in [2.45, 2.75) is 6.54 Å². The molecule has 0 fully saturated rings. The van der Waals surface area contributed by atoms with Gasteiger partial charge in [-0.3, -0.25) is 14.8 Å². The molecule has 0 aliphatic heterocycles. The van der Waals surface area contributed by atoms with Crippen molar-refractivity contribution in [3.8, 4) is 0 Å². The third-order valence-corrected chi connectivity index (χ3v) is 1.42. The predicted octanol–water partition coefficient (Wildman–Crippen LogP) is -0.734. The second kappa shape index (κ2) is 4.90. The van der Waals surface area contributed by atoms with E-state index in [4.69, 9.17) is 0 Å². The van der Waals surface area contributed by atoms with Crippen molar-refractivity contribution in [3.63, 3.8) is 0 Å². The molecule has 6 heteroatoms. The lowest BCUT2D eigenvalue weighted by atomic mass is 10.4. The normalized spacial score (nSPS) is 9.21. The molecule has 0 unspecified atom stereocenters. The molecule has 0 saturated heterocycles. The molecule has 0 saturated carbocycles. The fraction of sp³-hybridized carbons (Fsp3) is 0.250. The van der Waals surface area contributed by atoms with Crippen LogP contribution in [0.4, 0.5) is 0 Å². The second-order valence-corrected chi connectivity index (χ2v) is 2.37. The third-order valence-electron chi connectivity index (χ3n) is 1.42. The molecule has 0 spiro atoms. The maximum absolute atomic E-state index is 10.9. The summed E-state index contributed by atoms with van der Waals surface area (Å²) in [6.07, 6.45) is 4.52. The lowest BCUT2D eigenvalue weighted by molar-refractivity contribution is -0.152. The monoisotopic (exact) mass is 195 g/mol. The second-order valence-electron chi connectivity index (χ2n) is 2.37. The first-order chi connectivity index (χ1) is 6.74. The first-order valence-corrected chi connectivity index (χ1v) is 3.85. The van der Waals surface area contributed by atoms with E-state index in [1.807, 2.05) is 0 Å². The average Bonchev–Trinajstić information content (AvgIpc) is 2.26. The number of ether oxygens (including phenoxy) is 1. The molecule has 0 aliphatic rings. The van der Waals surface area contributed by atoms with Crippen LogP contribution in [-0.4, -0.2) is 29.0 Å². The van der Waals surface area contributed by atoms with Crippen molar-refractivity contribution in [3.05, 3.63) is 24.3 Å². The molecule has 1 heterocycles. The zero-order valence-electron chi connectivity index (χ0n) is 7.56. The Morgan fingerprint density at radius 3 is 2.86 bits per heavy atom. The van der Waals surface area contributed by atoms with Gasteiger partial charge in [-0.1, -0.05) is 0 Å². The van der Waals surface area contributed by atoms with E-state index in [0.29, 0.717) is 5.69 Å². The minimum atomic E-state index is -0.922. The molecule has 1 amide bonds. The van der Waals surface area contributed by atoms with Crippen LogP contribution in [-0.2, 0) is 20.9 Å². The fourth-order valence-corrected chi connectivity index (χ4v) is 0.757. The van der Waals surface area contributed by atoms with Crippen molar-refractivity contribution >= 4 is 11.9 Å². The summed E-state index contributed by atoms with van der Waals surface area (Å²) >= 11 is 0. The lowest BCUT2D eigenvalue weighted by Gasteiger charge is -2.01. The Balaban J connectivity index is 2.42. The van der Waals surface area contributed by atoms with Crippen molar-refractivity contribution in [2.24, 2.45) is 0 Å². The Hall–Kier alpha value is -1.98. The van der Waals surface area contributed by atoms with Gasteiger partial charge in [-0.15, -0.1) is 0 Å². The van der Waals surface area contributed by atoms with Gasteiger partial charge in [-0.25, -0.2) is 4.79 Å². The molecule has 1 aromatic heterocycles. The van der Waals surface area contributed by atoms with Gasteiger partial charge in [0.05, 0.1) is 25.5 Å². The number of hydrogen-bond donors (Lipinski definition) is 1. The van der Waals surface area contributed by atoms with Gasteiger partial charge in [0.2, 0.25) is 0 Å². The number of hydrogen-bond acceptors (Lipinski definition) is 5. The third kappa shape index (κ3) is 2.81. The first kappa shape index (κ1) is 10.1. The Morgan fingerprint density at radius 1 is 1.50 bits per heavy atom. The van der Waals surface area contributed by atoms with Crippen molar-refractivity contribution in [1.29, 1.82) is 0 Å². The predicted molar refractivity (Wildman–Crippen MR) is 45.9 cm³/mol. The van der Waals surface area contributed by atoms with Gasteiger partial charge in [-0.2, -0.15) is 0 Å². The SMILES string of the molecule is COC(=O)C(=O)NCc1cnccn1. The highest BCUT2D eigenvalue weighted by Gasteiger charge is 2.12. The van der Waals surface area contributed by atoms with Crippen molar-refractivity contribution < 1.29 is 14.3 Å². The van der Waals surface area contributed by atoms with E-state index in [2.05, 4.69) is 20.0 Å². The highest BCUT2D eigenvalue weighted by molar-refractivity contribution is 6.32. The van der Waals surface area contributed by atoms with Crippen LogP contribution in [0.3, 0.4) is 0 Å². The van der Waals surface area contributed by atoms with Crippen LogP contribution in [0.1, 0.15) is 5.69 Å². The summed E-state index contributed by atoms with van der Waals surface area (Å²) in [5.41, 5.74) is 0.574. The number of methoxy groups -OCH3 is 1. The molecule has 1 rings (SSSR count). The summed E-state index contributed by atoms with van der Waals surface area (Å²) in [5, 5.41) is 2.33. The Bertz CT molecular complexity index is 326. The number of aromatic nitrogens is 2. The number of esters is 1. The number of rotatable bonds is 2. The topological polar surface area (TPSA) is 81.2 Å². The quantitative estimate of drug-likeness (QED) is 0.496. The largest absolute Gasteiger partial charge is 0.462 e. The van der Waals surface area contributed by atoms with E-state index >= 15 is 0 Å². The molecular weight excluding hydrogens is 186 g/mol. The van der Waals surface area contributed by atoms with Crippen LogP contribution in [0, 0.1) is 0 Å².